The SMILES string of the molecule is CC1=C2C=C3C(O)C(O)C(N(C)C)CC34CCC2(O4)C2CC=C(c3ccc4ccnc(Cl)c4c3)C2(C)C1. The summed E-state index contributed by atoms with van der Waals surface area (Å²) in [4.78, 5) is 6.34. The number of benzene rings is 1. The quantitative estimate of drug-likeness (QED) is 0.528. The summed E-state index contributed by atoms with van der Waals surface area (Å²) < 4.78 is 7.31. The summed E-state index contributed by atoms with van der Waals surface area (Å²) in [6, 6.07) is 8.44. The number of rotatable bonds is 2. The summed E-state index contributed by atoms with van der Waals surface area (Å²) in [5, 5.41) is 24.8. The monoisotopic (exact) mass is 518 g/mol. The molecule has 5 nitrogen and oxygen atoms in total. The maximum absolute atomic E-state index is 11.2. The van der Waals surface area contributed by atoms with Crippen molar-refractivity contribution in [3.8, 4) is 0 Å². The maximum atomic E-state index is 11.2. The summed E-state index contributed by atoms with van der Waals surface area (Å²) in [6.45, 7) is 4.64. The highest BCUT2D eigenvalue weighted by molar-refractivity contribution is 6.34. The zero-order chi connectivity index (χ0) is 25.9. The van der Waals surface area contributed by atoms with Crippen LogP contribution in [-0.2, 0) is 4.74 Å². The van der Waals surface area contributed by atoms with E-state index in [1.807, 2.05) is 25.1 Å². The Bertz CT molecular complexity index is 1430. The molecule has 7 atom stereocenters. The van der Waals surface area contributed by atoms with Crippen LogP contribution < -0.4 is 0 Å². The minimum atomic E-state index is -0.904. The van der Waals surface area contributed by atoms with Crippen molar-refractivity contribution in [1.29, 1.82) is 0 Å². The number of nitrogens with zero attached hydrogens (tertiary/aromatic N) is 2. The van der Waals surface area contributed by atoms with Crippen molar-refractivity contribution in [3.05, 3.63) is 70.1 Å². The molecule has 5 aliphatic rings. The number of hydrogen-bond donors (Lipinski definition) is 2. The Hall–Kier alpha value is -2.02. The first-order valence-corrected chi connectivity index (χ1v) is 13.9. The van der Waals surface area contributed by atoms with Gasteiger partial charge >= 0.3 is 0 Å². The molecule has 2 fully saturated rings. The van der Waals surface area contributed by atoms with Crippen LogP contribution in [0.15, 0.2) is 59.3 Å². The zero-order valence-corrected chi connectivity index (χ0v) is 22.7. The minimum absolute atomic E-state index is 0.0689. The van der Waals surface area contributed by atoms with E-state index in [-0.39, 0.29) is 17.1 Å². The van der Waals surface area contributed by atoms with Gasteiger partial charge in [0.2, 0.25) is 0 Å². The van der Waals surface area contributed by atoms with E-state index in [2.05, 4.69) is 49.2 Å². The van der Waals surface area contributed by atoms with E-state index in [1.165, 1.54) is 22.3 Å². The number of pyridine rings is 1. The molecule has 3 heterocycles. The number of halogens is 1. The normalized spacial score (nSPS) is 40.4. The van der Waals surface area contributed by atoms with Crippen LogP contribution in [-0.4, -0.2) is 63.6 Å². The Kier molecular flexibility index (Phi) is 5.05. The van der Waals surface area contributed by atoms with Crippen LogP contribution in [0.5, 0.6) is 0 Å². The van der Waals surface area contributed by atoms with Crippen LogP contribution in [0.1, 0.15) is 51.5 Å². The van der Waals surface area contributed by atoms with E-state index in [9.17, 15) is 10.2 Å². The molecule has 2 aromatic rings. The molecule has 0 amide bonds. The molecule has 7 unspecified atom stereocenters. The summed E-state index contributed by atoms with van der Waals surface area (Å²) >= 11 is 6.49. The van der Waals surface area contributed by atoms with Crippen LogP contribution in [0.25, 0.3) is 16.3 Å². The fourth-order valence-electron chi connectivity index (χ4n) is 8.75. The number of likely N-dealkylation sites (N-methyl/N-ethyl adjacent to an activating group) is 1. The fraction of sp³-hybridized carbons (Fsp3) is 0.516. The third-order valence-corrected chi connectivity index (χ3v) is 10.7. The molecule has 1 aromatic heterocycles. The highest BCUT2D eigenvalue weighted by atomic mass is 35.5. The molecule has 1 saturated carbocycles. The lowest BCUT2D eigenvalue weighted by atomic mass is 9.56. The molecule has 2 N–H and O–H groups in total. The van der Waals surface area contributed by atoms with Gasteiger partial charge in [0, 0.05) is 29.0 Å². The molecular formula is C31H35ClN2O3. The van der Waals surface area contributed by atoms with E-state index < -0.39 is 17.8 Å². The van der Waals surface area contributed by atoms with E-state index in [0.717, 1.165) is 42.0 Å². The minimum Gasteiger partial charge on any atom is -0.388 e. The van der Waals surface area contributed by atoms with Crippen molar-refractivity contribution in [2.45, 2.75) is 75.4 Å². The molecule has 1 saturated heterocycles. The smallest absolute Gasteiger partial charge is 0.136 e. The van der Waals surface area contributed by atoms with Gasteiger partial charge in [-0.1, -0.05) is 48.4 Å². The van der Waals surface area contributed by atoms with Crippen LogP contribution >= 0.6 is 11.6 Å². The topological polar surface area (TPSA) is 65.8 Å². The van der Waals surface area contributed by atoms with Gasteiger partial charge in [-0.25, -0.2) is 4.98 Å². The standard InChI is InChI=1S/C31H35ClN2O3/c1-17-15-29(2)21(19-6-5-18-9-12-33-28(32)20(18)13-19)7-8-25(29)31-11-10-30(37-31)16-24(34(3)4)27(36)26(35)23(30)14-22(17)31/h5-7,9,12-14,24-27,35-36H,8,10-11,15-16H2,1-4H3. The number of hydrogen-bond acceptors (Lipinski definition) is 5. The molecule has 2 aliphatic heterocycles. The molecule has 6 heteroatoms. The van der Waals surface area contributed by atoms with E-state index >= 15 is 0 Å². The van der Waals surface area contributed by atoms with Crippen LogP contribution in [0, 0.1) is 11.3 Å². The van der Waals surface area contributed by atoms with Gasteiger partial charge in [0.05, 0.1) is 17.3 Å². The Morgan fingerprint density at radius 1 is 1.16 bits per heavy atom. The molecule has 7 rings (SSSR count). The first-order valence-electron chi connectivity index (χ1n) is 13.5. The average molecular weight is 519 g/mol. The average Bonchev–Trinajstić information content (AvgIpc) is 3.36. The molecule has 2 bridgehead atoms. The molecular weight excluding hydrogens is 484 g/mol. The first kappa shape index (κ1) is 24.1. The maximum Gasteiger partial charge on any atom is 0.136 e. The second-order valence-corrected chi connectivity index (χ2v) is 12.8. The Balaban J connectivity index is 1.33. The van der Waals surface area contributed by atoms with Gasteiger partial charge in [-0.05, 0) is 92.9 Å². The molecule has 37 heavy (non-hydrogen) atoms. The lowest BCUT2D eigenvalue weighted by Crippen LogP contribution is -2.62. The number of aromatic nitrogens is 1. The largest absolute Gasteiger partial charge is 0.388 e. The molecule has 3 aliphatic carbocycles. The van der Waals surface area contributed by atoms with Gasteiger partial charge in [0.1, 0.15) is 11.3 Å². The predicted molar refractivity (Wildman–Crippen MR) is 146 cm³/mol. The Morgan fingerprint density at radius 2 is 1.97 bits per heavy atom. The number of allylic oxidation sites excluding steroid dienone is 3. The van der Waals surface area contributed by atoms with E-state index in [1.54, 1.807) is 6.20 Å². The third-order valence-electron chi connectivity index (χ3n) is 10.4. The lowest BCUT2D eigenvalue weighted by Gasteiger charge is -2.56. The Morgan fingerprint density at radius 3 is 2.76 bits per heavy atom. The highest BCUT2D eigenvalue weighted by Crippen LogP contribution is 2.69. The molecule has 1 aromatic carbocycles. The predicted octanol–water partition coefficient (Wildman–Crippen LogP) is 5.30. The number of ether oxygens (including phenoxy) is 1. The van der Waals surface area contributed by atoms with Crippen LogP contribution in [0.2, 0.25) is 5.15 Å². The summed E-state index contributed by atoms with van der Waals surface area (Å²) in [5.74, 6) is 0.313. The molecule has 2 spiro atoms. The fourth-order valence-corrected chi connectivity index (χ4v) is 8.97. The van der Waals surface area contributed by atoms with Crippen LogP contribution in [0.3, 0.4) is 0 Å². The van der Waals surface area contributed by atoms with Gasteiger partial charge in [0.25, 0.3) is 0 Å². The molecule has 0 radical (unpaired) electrons. The van der Waals surface area contributed by atoms with E-state index in [4.69, 9.17) is 16.3 Å². The van der Waals surface area contributed by atoms with Crippen molar-refractivity contribution in [2.75, 3.05) is 14.1 Å². The third kappa shape index (κ3) is 3.04. The highest BCUT2D eigenvalue weighted by Gasteiger charge is 2.68. The first-order chi connectivity index (χ1) is 17.6. The van der Waals surface area contributed by atoms with Crippen molar-refractivity contribution in [1.82, 2.24) is 9.88 Å². The van der Waals surface area contributed by atoms with Crippen molar-refractivity contribution in [3.63, 3.8) is 0 Å². The summed E-state index contributed by atoms with van der Waals surface area (Å²) in [7, 11) is 3.95. The van der Waals surface area contributed by atoms with Gasteiger partial charge in [-0.3, -0.25) is 0 Å². The van der Waals surface area contributed by atoms with Crippen molar-refractivity contribution in [2.24, 2.45) is 11.3 Å². The second kappa shape index (κ2) is 7.77. The van der Waals surface area contributed by atoms with Gasteiger partial charge in [0.15, 0.2) is 0 Å². The van der Waals surface area contributed by atoms with Crippen molar-refractivity contribution < 1.29 is 14.9 Å². The van der Waals surface area contributed by atoms with Crippen molar-refractivity contribution >= 4 is 27.9 Å². The molecule has 194 valence electrons. The van der Waals surface area contributed by atoms with Gasteiger partial charge < -0.3 is 19.8 Å². The second-order valence-electron chi connectivity index (χ2n) is 12.5. The number of aliphatic hydroxyl groups excluding tert-OH is 2. The number of fused-ring (bicyclic) bond motifs is 2. The van der Waals surface area contributed by atoms with E-state index in [0.29, 0.717) is 17.5 Å². The van der Waals surface area contributed by atoms with Crippen LogP contribution in [0.4, 0.5) is 0 Å². The lowest BCUT2D eigenvalue weighted by molar-refractivity contribution is -0.162. The Labute approximate surface area is 223 Å². The zero-order valence-electron chi connectivity index (χ0n) is 22.0. The van der Waals surface area contributed by atoms with Gasteiger partial charge in [-0.15, -0.1) is 0 Å². The summed E-state index contributed by atoms with van der Waals surface area (Å²) in [5.41, 5.74) is 5.08. The number of aliphatic hydroxyl groups is 2. The summed E-state index contributed by atoms with van der Waals surface area (Å²) in [6.07, 6.45) is 9.12. The van der Waals surface area contributed by atoms with Gasteiger partial charge in [-0.2, -0.15) is 0 Å².